The molecule has 21 heavy (non-hydrogen) atoms. The highest BCUT2D eigenvalue weighted by molar-refractivity contribution is 9.11. The zero-order chi connectivity index (χ0) is 14.8. The van der Waals surface area contributed by atoms with Crippen molar-refractivity contribution in [1.29, 1.82) is 0 Å². The van der Waals surface area contributed by atoms with Crippen LogP contribution in [0.25, 0.3) is 11.0 Å². The van der Waals surface area contributed by atoms with E-state index in [1.54, 1.807) is 17.6 Å². The Balaban J connectivity index is 1.71. The molecule has 1 aromatic carbocycles. The van der Waals surface area contributed by atoms with Crippen LogP contribution >= 0.6 is 27.3 Å². The van der Waals surface area contributed by atoms with Gasteiger partial charge in [-0.1, -0.05) is 18.2 Å². The normalized spacial score (nSPS) is 11.4. The first-order chi connectivity index (χ1) is 10.1. The molecule has 2 heterocycles. The minimum absolute atomic E-state index is 0.0803. The molecule has 3 nitrogen and oxygen atoms in total. The van der Waals surface area contributed by atoms with Gasteiger partial charge in [0.1, 0.15) is 11.8 Å². The number of furan rings is 1. The minimum Gasteiger partial charge on any atom is -0.464 e. The maximum absolute atomic E-state index is 12.4. The molecular formula is C16H14BrNO2S. The van der Waals surface area contributed by atoms with Crippen LogP contribution in [0, 0.1) is 0 Å². The number of rotatable bonds is 5. The number of fused-ring (bicyclic) bond motifs is 1. The zero-order valence-corrected chi connectivity index (χ0v) is 13.9. The third-order valence-corrected chi connectivity index (χ3v) is 4.82. The van der Waals surface area contributed by atoms with Gasteiger partial charge in [0.05, 0.1) is 15.9 Å². The Morgan fingerprint density at radius 3 is 2.95 bits per heavy atom. The minimum atomic E-state index is 0.0803. The number of likely N-dealkylation sites (N-methyl/N-ethyl adjacent to an activating group) is 1. The molecule has 0 unspecified atom stereocenters. The summed E-state index contributed by atoms with van der Waals surface area (Å²) in [6.07, 6.45) is 1.56. The van der Waals surface area contributed by atoms with Gasteiger partial charge in [-0.15, -0.1) is 11.3 Å². The van der Waals surface area contributed by atoms with Gasteiger partial charge in [0, 0.05) is 11.9 Å². The van der Waals surface area contributed by atoms with E-state index in [4.69, 9.17) is 4.42 Å². The smallest absolute Gasteiger partial charge is 0.180 e. The lowest BCUT2D eigenvalue weighted by molar-refractivity contribution is 0.0944. The predicted octanol–water partition coefficient (Wildman–Crippen LogP) is 4.57. The number of benzene rings is 1. The molecule has 3 rings (SSSR count). The number of halogens is 1. The fourth-order valence-electron chi connectivity index (χ4n) is 2.32. The average molecular weight is 364 g/mol. The SMILES string of the molecule is CN(CC(=O)c1coc2ccccc12)Cc1csc(Br)c1. The summed E-state index contributed by atoms with van der Waals surface area (Å²) in [7, 11) is 1.95. The first kappa shape index (κ1) is 14.5. The molecule has 0 radical (unpaired) electrons. The fraction of sp³-hybridized carbons (Fsp3) is 0.188. The lowest BCUT2D eigenvalue weighted by atomic mass is 10.1. The van der Waals surface area contributed by atoms with Crippen molar-refractivity contribution in [2.45, 2.75) is 6.54 Å². The molecule has 5 heteroatoms. The summed E-state index contributed by atoms with van der Waals surface area (Å²) < 4.78 is 6.54. The molecule has 0 saturated carbocycles. The van der Waals surface area contributed by atoms with Crippen LogP contribution in [0.15, 0.2) is 50.2 Å². The lowest BCUT2D eigenvalue weighted by Crippen LogP contribution is -2.25. The largest absolute Gasteiger partial charge is 0.464 e. The van der Waals surface area contributed by atoms with Crippen molar-refractivity contribution >= 4 is 44.0 Å². The second-order valence-electron chi connectivity index (χ2n) is 5.00. The molecule has 108 valence electrons. The number of ketones is 1. The van der Waals surface area contributed by atoms with Gasteiger partial charge in [-0.25, -0.2) is 0 Å². The van der Waals surface area contributed by atoms with E-state index in [0.717, 1.165) is 21.3 Å². The number of hydrogen-bond acceptors (Lipinski definition) is 4. The highest BCUT2D eigenvalue weighted by atomic mass is 79.9. The summed E-state index contributed by atoms with van der Waals surface area (Å²) in [4.78, 5) is 14.4. The number of carbonyl (C=O) groups is 1. The van der Waals surface area contributed by atoms with Crippen LogP contribution in [0.5, 0.6) is 0 Å². The van der Waals surface area contributed by atoms with Crippen LogP contribution in [0.3, 0.4) is 0 Å². The Morgan fingerprint density at radius 2 is 2.19 bits per heavy atom. The molecule has 0 N–H and O–H groups in total. The third kappa shape index (κ3) is 3.26. The van der Waals surface area contributed by atoms with Gasteiger partial charge in [-0.05, 0) is 46.1 Å². The molecule has 0 saturated heterocycles. The van der Waals surface area contributed by atoms with Crippen LogP contribution in [0.2, 0.25) is 0 Å². The molecule has 0 spiro atoms. The van der Waals surface area contributed by atoms with Crippen molar-refractivity contribution in [2.75, 3.05) is 13.6 Å². The van der Waals surface area contributed by atoms with E-state index in [1.165, 1.54) is 5.56 Å². The Labute approximate surface area is 135 Å². The van der Waals surface area contributed by atoms with Gasteiger partial charge in [0.15, 0.2) is 5.78 Å². The monoisotopic (exact) mass is 363 g/mol. The molecule has 0 bridgehead atoms. The van der Waals surface area contributed by atoms with E-state index in [1.807, 2.05) is 36.2 Å². The van der Waals surface area contributed by atoms with Gasteiger partial charge in [-0.3, -0.25) is 9.69 Å². The Kier molecular flexibility index (Phi) is 4.24. The molecule has 0 aliphatic rings. The lowest BCUT2D eigenvalue weighted by Gasteiger charge is -2.14. The summed E-state index contributed by atoms with van der Waals surface area (Å²) in [6, 6.07) is 9.70. The predicted molar refractivity (Wildman–Crippen MR) is 88.9 cm³/mol. The Hall–Kier alpha value is -1.43. The molecule has 0 amide bonds. The molecule has 0 aliphatic carbocycles. The van der Waals surface area contributed by atoms with Crippen molar-refractivity contribution < 1.29 is 9.21 Å². The van der Waals surface area contributed by atoms with Crippen molar-refractivity contribution in [3.05, 3.63) is 56.9 Å². The summed E-state index contributed by atoms with van der Waals surface area (Å²) in [5.74, 6) is 0.0803. The molecule has 3 aromatic rings. The summed E-state index contributed by atoms with van der Waals surface area (Å²) >= 11 is 5.11. The topological polar surface area (TPSA) is 33.5 Å². The summed E-state index contributed by atoms with van der Waals surface area (Å²) in [6.45, 7) is 1.13. The van der Waals surface area contributed by atoms with Gasteiger partial charge < -0.3 is 4.42 Å². The van der Waals surface area contributed by atoms with Crippen molar-refractivity contribution in [3.8, 4) is 0 Å². The van der Waals surface area contributed by atoms with Gasteiger partial charge in [0.2, 0.25) is 0 Å². The molecular weight excluding hydrogens is 350 g/mol. The maximum Gasteiger partial charge on any atom is 0.180 e. The number of hydrogen-bond donors (Lipinski definition) is 0. The standard InChI is InChI=1S/C16H14BrNO2S/c1-18(7-11-6-16(17)21-10-11)8-14(19)13-9-20-15-5-3-2-4-12(13)15/h2-6,9-10H,7-8H2,1H3. The number of para-hydroxylation sites is 1. The van der Waals surface area contributed by atoms with E-state index < -0.39 is 0 Å². The first-order valence-electron chi connectivity index (χ1n) is 6.54. The van der Waals surface area contributed by atoms with E-state index in [-0.39, 0.29) is 5.78 Å². The first-order valence-corrected chi connectivity index (χ1v) is 8.21. The number of Topliss-reactive ketones (excluding diaryl/α,β-unsaturated/α-hetero) is 1. The van der Waals surface area contributed by atoms with Crippen molar-refractivity contribution in [1.82, 2.24) is 4.90 Å². The Morgan fingerprint density at radius 1 is 1.38 bits per heavy atom. The van der Waals surface area contributed by atoms with E-state index in [0.29, 0.717) is 12.1 Å². The van der Waals surface area contributed by atoms with Crippen molar-refractivity contribution in [2.24, 2.45) is 0 Å². The molecule has 2 aromatic heterocycles. The molecule has 0 fully saturated rings. The zero-order valence-electron chi connectivity index (χ0n) is 11.5. The van der Waals surface area contributed by atoms with Crippen LogP contribution < -0.4 is 0 Å². The van der Waals surface area contributed by atoms with Crippen LogP contribution in [0.1, 0.15) is 15.9 Å². The number of thiophene rings is 1. The van der Waals surface area contributed by atoms with Gasteiger partial charge in [-0.2, -0.15) is 0 Å². The highest BCUT2D eigenvalue weighted by Crippen LogP contribution is 2.23. The van der Waals surface area contributed by atoms with Gasteiger partial charge in [0.25, 0.3) is 0 Å². The second-order valence-corrected chi connectivity index (χ2v) is 7.29. The molecule has 0 atom stereocenters. The number of nitrogens with zero attached hydrogens (tertiary/aromatic N) is 1. The van der Waals surface area contributed by atoms with Crippen LogP contribution in [-0.4, -0.2) is 24.3 Å². The fourth-order valence-corrected chi connectivity index (χ4v) is 3.52. The van der Waals surface area contributed by atoms with E-state index in [9.17, 15) is 4.79 Å². The Bertz CT molecular complexity index is 777. The second kappa shape index (κ2) is 6.13. The van der Waals surface area contributed by atoms with Crippen molar-refractivity contribution in [3.63, 3.8) is 0 Å². The van der Waals surface area contributed by atoms with Crippen LogP contribution in [0.4, 0.5) is 0 Å². The summed E-state index contributed by atoms with van der Waals surface area (Å²) in [5.41, 5.74) is 2.62. The van der Waals surface area contributed by atoms with Gasteiger partial charge >= 0.3 is 0 Å². The van der Waals surface area contributed by atoms with E-state index >= 15 is 0 Å². The maximum atomic E-state index is 12.4. The highest BCUT2D eigenvalue weighted by Gasteiger charge is 2.15. The quantitative estimate of drug-likeness (QED) is 0.622. The average Bonchev–Trinajstić information content (AvgIpc) is 3.04. The van der Waals surface area contributed by atoms with E-state index in [2.05, 4.69) is 27.4 Å². The number of carbonyl (C=O) groups excluding carboxylic acids is 1. The molecule has 0 aliphatic heterocycles. The third-order valence-electron chi connectivity index (χ3n) is 3.27. The summed E-state index contributed by atoms with van der Waals surface area (Å²) in [5, 5.41) is 2.98. The van der Waals surface area contributed by atoms with Crippen LogP contribution in [-0.2, 0) is 6.54 Å².